The molecule has 0 unspecified atom stereocenters. The van der Waals surface area contributed by atoms with Gasteiger partial charge in [0, 0.05) is 18.5 Å². The summed E-state index contributed by atoms with van der Waals surface area (Å²) >= 11 is 0. The zero-order chi connectivity index (χ0) is 15.5. The van der Waals surface area contributed by atoms with Crippen molar-refractivity contribution in [2.75, 3.05) is 12.2 Å². The molecule has 22 heavy (non-hydrogen) atoms. The fourth-order valence-electron chi connectivity index (χ4n) is 1.82. The molecule has 0 bridgehead atoms. The van der Waals surface area contributed by atoms with E-state index in [0.717, 1.165) is 5.28 Å². The van der Waals surface area contributed by atoms with E-state index in [0.29, 0.717) is 5.69 Å². The first-order chi connectivity index (χ1) is 10.7. The van der Waals surface area contributed by atoms with Gasteiger partial charge >= 0.3 is 12.0 Å². The molecule has 0 amide bonds. The van der Waals surface area contributed by atoms with Crippen LogP contribution in [0.3, 0.4) is 0 Å². The number of ether oxygens (including phenoxy) is 1. The van der Waals surface area contributed by atoms with Gasteiger partial charge in [-0.25, -0.2) is 14.8 Å². The van der Waals surface area contributed by atoms with Crippen molar-refractivity contribution in [1.29, 1.82) is 0 Å². The van der Waals surface area contributed by atoms with Crippen LogP contribution in [-0.2, 0) is 4.74 Å². The summed E-state index contributed by atoms with van der Waals surface area (Å²) < 4.78 is 5.16. The number of carbonyl (C=O) groups is 1. The number of esters is 1. The lowest BCUT2D eigenvalue weighted by atomic mass is 10.3. The van der Waals surface area contributed by atoms with Crippen LogP contribution in [0, 0.1) is 0 Å². The highest BCUT2D eigenvalue weighted by Gasteiger charge is 2.32. The molecule has 1 aromatic carbocycles. The predicted molar refractivity (Wildman–Crippen MR) is 77.4 cm³/mol. The summed E-state index contributed by atoms with van der Waals surface area (Å²) in [5.74, 6) is -0.658. The Labute approximate surface area is 126 Å². The molecule has 2 heterocycles. The molecule has 3 rings (SSSR count). The quantitative estimate of drug-likeness (QED) is 0.841. The van der Waals surface area contributed by atoms with Crippen LogP contribution in [0.25, 0.3) is 0 Å². The average molecular weight is 299 g/mol. The fourth-order valence-corrected chi connectivity index (χ4v) is 1.82. The normalized spacial score (nSPS) is 14.9. The topological polar surface area (TPSA) is 81.5 Å². The van der Waals surface area contributed by atoms with E-state index in [2.05, 4.69) is 10.1 Å². The van der Waals surface area contributed by atoms with Gasteiger partial charge < -0.3 is 4.74 Å². The lowest BCUT2D eigenvalue weighted by Gasteiger charge is -2.24. The van der Waals surface area contributed by atoms with Crippen LogP contribution in [0.1, 0.15) is 10.5 Å². The molecular weight excluding hydrogens is 286 g/mol. The second kappa shape index (κ2) is 5.80. The van der Waals surface area contributed by atoms with E-state index in [4.69, 9.17) is 4.74 Å². The van der Waals surface area contributed by atoms with E-state index < -0.39 is 5.97 Å². The molecule has 0 atom stereocenters. The molecule has 0 fully saturated rings. The van der Waals surface area contributed by atoms with Crippen LogP contribution in [0.4, 0.5) is 5.69 Å². The number of hydrazine groups is 2. The molecule has 1 N–H and O–H groups in total. The molecule has 0 saturated carbocycles. The van der Waals surface area contributed by atoms with Crippen LogP contribution in [0.2, 0.25) is 0 Å². The molecule has 2 aromatic rings. The smallest absolute Gasteiger partial charge is 0.364 e. The first-order valence-electron chi connectivity index (χ1n) is 6.46. The standard InChI is InChI=1S/C14H13N5O3/c1-17-14(22-13(20)12-9-5-6-10-15-12)16-18(19(17)21)11-7-3-2-4-8-11/h2-10,21H,1H3. The van der Waals surface area contributed by atoms with Gasteiger partial charge in [0.2, 0.25) is 0 Å². The molecule has 0 radical (unpaired) electrons. The molecule has 8 nitrogen and oxygen atoms in total. The third-order valence-corrected chi connectivity index (χ3v) is 2.94. The zero-order valence-electron chi connectivity index (χ0n) is 11.7. The van der Waals surface area contributed by atoms with Gasteiger partial charge in [0.05, 0.1) is 5.69 Å². The van der Waals surface area contributed by atoms with Crippen molar-refractivity contribution in [1.82, 2.24) is 15.3 Å². The van der Waals surface area contributed by atoms with Crippen LogP contribution in [0.15, 0.2) is 59.8 Å². The summed E-state index contributed by atoms with van der Waals surface area (Å²) in [4.78, 5) is 15.9. The third-order valence-electron chi connectivity index (χ3n) is 2.94. The number of hydrogen-bond acceptors (Lipinski definition) is 8. The molecule has 0 aliphatic carbocycles. The number of anilines is 1. The lowest BCUT2D eigenvalue weighted by molar-refractivity contribution is -0.204. The largest absolute Gasteiger partial charge is 0.385 e. The Morgan fingerprint density at radius 1 is 1.14 bits per heavy atom. The molecule has 1 aliphatic rings. The number of hydrogen-bond donors (Lipinski definition) is 1. The number of rotatable bonds is 2. The first kappa shape index (κ1) is 14.0. The summed E-state index contributed by atoms with van der Waals surface area (Å²) in [6.45, 7) is 0. The second-order valence-electron chi connectivity index (χ2n) is 4.40. The number of amidine groups is 1. The second-order valence-corrected chi connectivity index (χ2v) is 4.40. The highest BCUT2D eigenvalue weighted by Crippen LogP contribution is 2.21. The van der Waals surface area contributed by atoms with Gasteiger partial charge in [0.25, 0.3) is 0 Å². The minimum Gasteiger partial charge on any atom is -0.385 e. The molecule has 8 heteroatoms. The SMILES string of the molecule is CN1C(OC(=O)c2ccccn2)=NN(c2ccccc2)N1O. The monoisotopic (exact) mass is 299 g/mol. The van der Waals surface area contributed by atoms with Crippen molar-refractivity contribution >= 4 is 17.7 Å². The lowest BCUT2D eigenvalue weighted by Crippen LogP contribution is -2.43. The van der Waals surface area contributed by atoms with E-state index in [1.165, 1.54) is 29.4 Å². The number of carbonyl (C=O) groups excluding carboxylic acids is 1. The fraction of sp³-hybridized carbons (Fsp3) is 0.0714. The summed E-state index contributed by atoms with van der Waals surface area (Å²) in [7, 11) is 1.51. The van der Waals surface area contributed by atoms with E-state index >= 15 is 0 Å². The summed E-state index contributed by atoms with van der Waals surface area (Å²) in [6.07, 6.45) is 1.49. The van der Waals surface area contributed by atoms with Crippen molar-refractivity contribution in [3.8, 4) is 0 Å². The van der Waals surface area contributed by atoms with Crippen LogP contribution in [0.5, 0.6) is 0 Å². The van der Waals surface area contributed by atoms with Crippen molar-refractivity contribution in [3.63, 3.8) is 0 Å². The molecular formula is C14H13N5O3. The van der Waals surface area contributed by atoms with Crippen molar-refractivity contribution in [2.24, 2.45) is 5.10 Å². The number of hydrazone groups is 1. The molecule has 0 spiro atoms. The molecule has 0 saturated heterocycles. The molecule has 112 valence electrons. The maximum atomic E-state index is 12.0. The van der Waals surface area contributed by atoms with Gasteiger partial charge in [-0.3, -0.25) is 5.21 Å². The first-order valence-corrected chi connectivity index (χ1v) is 6.46. The summed E-state index contributed by atoms with van der Waals surface area (Å²) in [6, 6.07) is 13.8. The van der Waals surface area contributed by atoms with E-state index in [9.17, 15) is 10.0 Å². The van der Waals surface area contributed by atoms with Crippen LogP contribution < -0.4 is 5.12 Å². The maximum absolute atomic E-state index is 12.0. The molecule has 1 aliphatic heterocycles. The minimum absolute atomic E-state index is 0.0676. The highest BCUT2D eigenvalue weighted by atomic mass is 16.7. The van der Waals surface area contributed by atoms with Crippen molar-refractivity contribution in [3.05, 3.63) is 60.4 Å². The van der Waals surface area contributed by atoms with Crippen LogP contribution >= 0.6 is 0 Å². The van der Waals surface area contributed by atoms with Crippen molar-refractivity contribution < 1.29 is 14.7 Å². The van der Waals surface area contributed by atoms with Crippen molar-refractivity contribution in [2.45, 2.75) is 0 Å². The number of para-hydroxylation sites is 1. The van der Waals surface area contributed by atoms with Gasteiger partial charge in [0.1, 0.15) is 5.69 Å². The van der Waals surface area contributed by atoms with E-state index in [1.54, 1.807) is 36.4 Å². The van der Waals surface area contributed by atoms with Gasteiger partial charge in [0.15, 0.2) is 0 Å². The van der Waals surface area contributed by atoms with Gasteiger partial charge in [-0.2, -0.15) is 0 Å². The maximum Gasteiger partial charge on any atom is 0.364 e. The Balaban J connectivity index is 1.80. The Hall–Kier alpha value is -2.97. The third kappa shape index (κ3) is 2.60. The molecule has 1 aromatic heterocycles. The Morgan fingerprint density at radius 3 is 2.55 bits per heavy atom. The van der Waals surface area contributed by atoms with E-state index in [1.807, 2.05) is 6.07 Å². The minimum atomic E-state index is -0.658. The number of pyridine rings is 1. The number of aromatic nitrogens is 1. The predicted octanol–water partition coefficient (Wildman–Crippen LogP) is 1.48. The Bertz CT molecular complexity index is 692. The average Bonchev–Trinajstić information content (AvgIpc) is 2.85. The van der Waals surface area contributed by atoms with Crippen LogP contribution in [-0.4, -0.2) is 39.5 Å². The Morgan fingerprint density at radius 2 is 1.86 bits per heavy atom. The van der Waals surface area contributed by atoms with Gasteiger partial charge in [-0.1, -0.05) is 29.4 Å². The zero-order valence-corrected chi connectivity index (χ0v) is 11.7. The van der Waals surface area contributed by atoms with E-state index in [-0.39, 0.29) is 11.7 Å². The van der Waals surface area contributed by atoms with Gasteiger partial charge in [-0.05, 0) is 24.3 Å². The number of nitrogens with zero attached hydrogens (tertiary/aromatic N) is 5. The highest BCUT2D eigenvalue weighted by molar-refractivity contribution is 5.96. The Kier molecular flexibility index (Phi) is 3.69. The van der Waals surface area contributed by atoms with Gasteiger partial charge in [-0.15, -0.1) is 5.12 Å². The summed E-state index contributed by atoms with van der Waals surface area (Å²) in [5.41, 5.74) is 0.766. The summed E-state index contributed by atoms with van der Waals surface area (Å²) in [5, 5.41) is 17.2. The number of benzene rings is 1.